The average molecular weight is 343 g/mol. The van der Waals surface area contributed by atoms with Crippen molar-refractivity contribution in [1.29, 1.82) is 0 Å². The monoisotopic (exact) mass is 343 g/mol. The quantitative estimate of drug-likeness (QED) is 0.613. The van der Waals surface area contributed by atoms with Crippen molar-refractivity contribution in [2.75, 3.05) is 5.32 Å². The summed E-state index contributed by atoms with van der Waals surface area (Å²) in [5.41, 5.74) is 4.96. The molecule has 1 aliphatic carbocycles. The Morgan fingerprint density at radius 1 is 0.760 bits per heavy atom. The van der Waals surface area contributed by atoms with Crippen molar-refractivity contribution >= 4 is 36.4 Å². The summed E-state index contributed by atoms with van der Waals surface area (Å²) >= 11 is 4.29. The molecule has 0 saturated heterocycles. The van der Waals surface area contributed by atoms with Crippen molar-refractivity contribution in [3.05, 3.63) is 95.1 Å². The topological polar surface area (TPSA) is 29.1 Å². The van der Waals surface area contributed by atoms with Crippen LogP contribution in [-0.2, 0) is 4.79 Å². The number of nitrogens with one attached hydrogen (secondary N) is 1. The molecule has 1 aliphatic rings. The van der Waals surface area contributed by atoms with E-state index < -0.39 is 0 Å². The SMILES string of the molecule is O=C(Nc1ccc(S)cc1)C1c2ccccc2C=Cc2ccccc21. The van der Waals surface area contributed by atoms with E-state index in [1.54, 1.807) is 0 Å². The van der Waals surface area contributed by atoms with Gasteiger partial charge in [0.2, 0.25) is 5.91 Å². The van der Waals surface area contributed by atoms with Gasteiger partial charge in [-0.1, -0.05) is 60.7 Å². The van der Waals surface area contributed by atoms with Crippen LogP contribution in [0.2, 0.25) is 0 Å². The normalized spacial score (nSPS) is 12.8. The fraction of sp³-hybridized carbons (Fsp3) is 0.0455. The molecule has 0 bridgehead atoms. The summed E-state index contributed by atoms with van der Waals surface area (Å²) in [5, 5.41) is 3.05. The van der Waals surface area contributed by atoms with Gasteiger partial charge in [0.15, 0.2) is 0 Å². The highest BCUT2D eigenvalue weighted by Gasteiger charge is 2.27. The molecule has 1 amide bonds. The predicted molar refractivity (Wildman–Crippen MR) is 106 cm³/mol. The second-order valence-corrected chi connectivity index (χ2v) is 6.58. The average Bonchev–Trinajstić information content (AvgIpc) is 2.80. The van der Waals surface area contributed by atoms with E-state index >= 15 is 0 Å². The lowest BCUT2D eigenvalue weighted by molar-refractivity contribution is -0.116. The number of anilines is 1. The molecule has 0 spiro atoms. The van der Waals surface area contributed by atoms with Gasteiger partial charge in [0, 0.05) is 10.6 Å². The molecule has 0 aromatic heterocycles. The van der Waals surface area contributed by atoms with Crippen molar-refractivity contribution in [2.45, 2.75) is 10.8 Å². The Labute approximate surface area is 152 Å². The van der Waals surface area contributed by atoms with Gasteiger partial charge in [-0.15, -0.1) is 12.6 Å². The van der Waals surface area contributed by atoms with Crippen LogP contribution in [0, 0.1) is 0 Å². The van der Waals surface area contributed by atoms with E-state index in [2.05, 4.69) is 30.1 Å². The van der Waals surface area contributed by atoms with Gasteiger partial charge in [0.25, 0.3) is 0 Å². The summed E-state index contributed by atoms with van der Waals surface area (Å²) in [6.07, 6.45) is 4.16. The van der Waals surface area contributed by atoms with Crippen LogP contribution in [0.3, 0.4) is 0 Å². The Kier molecular flexibility index (Phi) is 4.16. The maximum absolute atomic E-state index is 13.2. The molecule has 3 heteroatoms. The molecule has 0 saturated carbocycles. The van der Waals surface area contributed by atoms with Crippen LogP contribution in [0.4, 0.5) is 5.69 Å². The Bertz CT molecular complexity index is 910. The van der Waals surface area contributed by atoms with Crippen molar-refractivity contribution < 1.29 is 4.79 Å². The zero-order chi connectivity index (χ0) is 17.2. The van der Waals surface area contributed by atoms with Crippen LogP contribution in [0.15, 0.2) is 77.7 Å². The van der Waals surface area contributed by atoms with Crippen molar-refractivity contribution in [2.24, 2.45) is 0 Å². The maximum Gasteiger partial charge on any atom is 0.236 e. The molecule has 3 aromatic carbocycles. The van der Waals surface area contributed by atoms with Gasteiger partial charge < -0.3 is 5.32 Å². The maximum atomic E-state index is 13.2. The van der Waals surface area contributed by atoms with Crippen LogP contribution >= 0.6 is 12.6 Å². The molecule has 0 aliphatic heterocycles. The molecule has 3 aromatic rings. The first-order valence-corrected chi connectivity index (χ1v) is 8.63. The first-order chi connectivity index (χ1) is 12.2. The lowest BCUT2D eigenvalue weighted by Gasteiger charge is -2.20. The third kappa shape index (κ3) is 3.11. The van der Waals surface area contributed by atoms with Crippen LogP contribution < -0.4 is 5.32 Å². The molecule has 122 valence electrons. The number of rotatable bonds is 2. The number of hydrogen-bond donors (Lipinski definition) is 2. The Hall–Kier alpha value is -2.78. The van der Waals surface area contributed by atoms with Gasteiger partial charge in [0.05, 0.1) is 5.92 Å². The minimum absolute atomic E-state index is 0.0319. The number of amides is 1. The summed E-state index contributed by atoms with van der Waals surface area (Å²) < 4.78 is 0. The number of carbonyl (C=O) groups is 1. The van der Waals surface area contributed by atoms with Gasteiger partial charge in [-0.2, -0.15) is 0 Å². The highest BCUT2D eigenvalue weighted by atomic mass is 32.1. The van der Waals surface area contributed by atoms with Gasteiger partial charge in [-0.05, 0) is 46.5 Å². The van der Waals surface area contributed by atoms with Gasteiger partial charge in [-0.25, -0.2) is 0 Å². The van der Waals surface area contributed by atoms with Crippen molar-refractivity contribution in [1.82, 2.24) is 0 Å². The first kappa shape index (κ1) is 15.7. The van der Waals surface area contributed by atoms with E-state index in [-0.39, 0.29) is 11.8 Å². The summed E-state index contributed by atoms with van der Waals surface area (Å²) in [6.45, 7) is 0. The molecular weight excluding hydrogens is 326 g/mol. The van der Waals surface area contributed by atoms with Gasteiger partial charge in [-0.3, -0.25) is 4.79 Å². The van der Waals surface area contributed by atoms with Crippen molar-refractivity contribution in [3.8, 4) is 0 Å². The van der Waals surface area contributed by atoms with Crippen molar-refractivity contribution in [3.63, 3.8) is 0 Å². The summed E-state index contributed by atoms with van der Waals surface area (Å²) in [5.74, 6) is -0.381. The molecule has 0 heterocycles. The van der Waals surface area contributed by atoms with E-state index in [1.807, 2.05) is 72.8 Å². The molecule has 0 fully saturated rings. The fourth-order valence-corrected chi connectivity index (χ4v) is 3.39. The van der Waals surface area contributed by atoms with Crippen LogP contribution in [-0.4, -0.2) is 5.91 Å². The minimum Gasteiger partial charge on any atom is -0.325 e. The number of thiol groups is 1. The highest BCUT2D eigenvalue weighted by Crippen LogP contribution is 2.35. The molecule has 0 unspecified atom stereocenters. The van der Waals surface area contributed by atoms with Gasteiger partial charge in [0.1, 0.15) is 0 Å². The first-order valence-electron chi connectivity index (χ1n) is 8.18. The van der Waals surface area contributed by atoms with Crippen LogP contribution in [0.25, 0.3) is 12.2 Å². The molecule has 0 atom stereocenters. The largest absolute Gasteiger partial charge is 0.325 e. The summed E-state index contributed by atoms with van der Waals surface area (Å²) in [6, 6.07) is 23.6. The van der Waals surface area contributed by atoms with Gasteiger partial charge >= 0.3 is 0 Å². The van der Waals surface area contributed by atoms with E-state index in [0.717, 1.165) is 32.8 Å². The number of hydrogen-bond acceptors (Lipinski definition) is 2. The molecule has 0 radical (unpaired) electrons. The minimum atomic E-state index is -0.349. The molecule has 2 nitrogen and oxygen atoms in total. The molecule has 1 N–H and O–H groups in total. The lowest BCUT2D eigenvalue weighted by Crippen LogP contribution is -2.23. The molecule has 25 heavy (non-hydrogen) atoms. The zero-order valence-corrected chi connectivity index (χ0v) is 14.4. The molecule has 4 rings (SSSR count). The fourth-order valence-electron chi connectivity index (χ4n) is 3.24. The lowest BCUT2D eigenvalue weighted by atomic mass is 9.87. The third-order valence-corrected chi connectivity index (χ3v) is 4.75. The second-order valence-electron chi connectivity index (χ2n) is 6.06. The second kappa shape index (κ2) is 6.61. The smallest absolute Gasteiger partial charge is 0.236 e. The third-order valence-electron chi connectivity index (χ3n) is 4.45. The highest BCUT2D eigenvalue weighted by molar-refractivity contribution is 7.80. The van der Waals surface area contributed by atoms with Crippen LogP contribution in [0.5, 0.6) is 0 Å². The summed E-state index contributed by atoms with van der Waals surface area (Å²) in [7, 11) is 0. The Morgan fingerprint density at radius 2 is 1.28 bits per heavy atom. The standard InChI is InChI=1S/C22H17NOS/c24-22(23-17-11-13-18(25)14-12-17)21-19-7-3-1-5-15(19)9-10-16-6-2-4-8-20(16)21/h1-14,21,25H,(H,23,24). The van der Waals surface area contributed by atoms with E-state index in [4.69, 9.17) is 0 Å². The van der Waals surface area contributed by atoms with E-state index in [0.29, 0.717) is 0 Å². The van der Waals surface area contributed by atoms with E-state index in [9.17, 15) is 4.79 Å². The number of carbonyl (C=O) groups excluding carboxylic acids is 1. The summed E-state index contributed by atoms with van der Waals surface area (Å²) in [4.78, 5) is 14.0. The Balaban J connectivity index is 1.78. The zero-order valence-electron chi connectivity index (χ0n) is 13.5. The number of benzene rings is 3. The van der Waals surface area contributed by atoms with Crippen LogP contribution in [0.1, 0.15) is 28.2 Å². The Morgan fingerprint density at radius 3 is 1.84 bits per heavy atom. The predicted octanol–water partition coefficient (Wildman–Crippen LogP) is 5.23. The number of fused-ring (bicyclic) bond motifs is 2. The van der Waals surface area contributed by atoms with E-state index in [1.165, 1.54) is 0 Å². The molecular formula is C22H17NOS.